The standard InChI is InChI=1S/C18H17N5O4S/c1-25-13-4-2-3-11-15(13)20-17(19-11)21-18(28)23-22-16(24)10-5-6-12-14(9-10)27-8-7-26-12/h2-6,9H,7-8H2,1H3,(H,22,24)(H3,19,20,21,23,28). The maximum absolute atomic E-state index is 12.3. The summed E-state index contributed by atoms with van der Waals surface area (Å²) in [5.74, 6) is 1.86. The lowest BCUT2D eigenvalue weighted by molar-refractivity contribution is 0.0943. The maximum Gasteiger partial charge on any atom is 0.269 e. The van der Waals surface area contributed by atoms with E-state index >= 15 is 0 Å². The number of aromatic nitrogens is 2. The Labute approximate surface area is 165 Å². The molecule has 0 saturated carbocycles. The summed E-state index contributed by atoms with van der Waals surface area (Å²) < 4.78 is 16.2. The molecule has 10 heteroatoms. The molecule has 0 spiro atoms. The zero-order chi connectivity index (χ0) is 19.5. The molecule has 0 atom stereocenters. The molecule has 0 bridgehead atoms. The summed E-state index contributed by atoms with van der Waals surface area (Å²) in [6.45, 7) is 0.945. The number of fused-ring (bicyclic) bond motifs is 2. The van der Waals surface area contributed by atoms with Crippen LogP contribution in [0, 0.1) is 0 Å². The Morgan fingerprint density at radius 2 is 2.00 bits per heavy atom. The fraction of sp³-hybridized carbons (Fsp3) is 0.167. The van der Waals surface area contributed by atoms with E-state index in [0.29, 0.717) is 47.5 Å². The average molecular weight is 399 g/mol. The highest BCUT2D eigenvalue weighted by Crippen LogP contribution is 2.30. The molecule has 28 heavy (non-hydrogen) atoms. The lowest BCUT2D eigenvalue weighted by Gasteiger charge is -2.18. The average Bonchev–Trinajstić information content (AvgIpc) is 3.14. The maximum atomic E-state index is 12.3. The number of para-hydroxylation sites is 1. The highest BCUT2D eigenvalue weighted by molar-refractivity contribution is 7.80. The first-order valence-electron chi connectivity index (χ1n) is 8.44. The number of ether oxygens (including phenoxy) is 3. The van der Waals surface area contributed by atoms with Gasteiger partial charge in [-0.3, -0.25) is 15.6 Å². The molecule has 4 rings (SSSR count). The number of hydrogen-bond acceptors (Lipinski definition) is 6. The molecule has 0 fully saturated rings. The van der Waals surface area contributed by atoms with E-state index in [9.17, 15) is 4.79 Å². The number of amides is 1. The van der Waals surface area contributed by atoms with Crippen LogP contribution in [-0.4, -0.2) is 41.3 Å². The van der Waals surface area contributed by atoms with Crippen LogP contribution in [0.5, 0.6) is 17.2 Å². The third kappa shape index (κ3) is 3.62. The van der Waals surface area contributed by atoms with Crippen LogP contribution in [0.15, 0.2) is 36.4 Å². The lowest BCUT2D eigenvalue weighted by atomic mass is 10.2. The predicted molar refractivity (Wildman–Crippen MR) is 107 cm³/mol. The summed E-state index contributed by atoms with van der Waals surface area (Å²) in [6.07, 6.45) is 0. The third-order valence-corrected chi connectivity index (χ3v) is 4.23. The van der Waals surface area contributed by atoms with Gasteiger partial charge in [0.05, 0.1) is 12.6 Å². The van der Waals surface area contributed by atoms with Crippen molar-refractivity contribution in [1.29, 1.82) is 0 Å². The number of H-pyrrole nitrogens is 1. The van der Waals surface area contributed by atoms with Crippen molar-refractivity contribution >= 4 is 40.2 Å². The van der Waals surface area contributed by atoms with Gasteiger partial charge in [-0.1, -0.05) is 6.07 Å². The number of anilines is 1. The van der Waals surface area contributed by atoms with Crippen LogP contribution >= 0.6 is 12.2 Å². The highest BCUT2D eigenvalue weighted by Gasteiger charge is 2.15. The molecule has 4 N–H and O–H groups in total. The third-order valence-electron chi connectivity index (χ3n) is 4.02. The Morgan fingerprint density at radius 3 is 2.82 bits per heavy atom. The van der Waals surface area contributed by atoms with Crippen molar-refractivity contribution < 1.29 is 19.0 Å². The van der Waals surface area contributed by atoms with Crippen LogP contribution < -0.4 is 30.4 Å². The van der Waals surface area contributed by atoms with Gasteiger partial charge in [0.1, 0.15) is 24.5 Å². The summed E-state index contributed by atoms with van der Waals surface area (Å²) in [4.78, 5) is 19.8. The van der Waals surface area contributed by atoms with Crippen molar-refractivity contribution in [3.05, 3.63) is 42.0 Å². The number of hydrazine groups is 1. The molecule has 9 nitrogen and oxygen atoms in total. The molecule has 144 valence electrons. The van der Waals surface area contributed by atoms with Gasteiger partial charge in [0, 0.05) is 5.56 Å². The number of benzene rings is 2. The summed E-state index contributed by atoms with van der Waals surface area (Å²) in [6, 6.07) is 10.5. The van der Waals surface area contributed by atoms with E-state index in [2.05, 4.69) is 26.1 Å². The molecule has 0 aliphatic carbocycles. The fourth-order valence-corrected chi connectivity index (χ4v) is 2.89. The van der Waals surface area contributed by atoms with Crippen LogP contribution in [-0.2, 0) is 0 Å². The Balaban J connectivity index is 1.37. The molecular formula is C18H17N5O4S. The van der Waals surface area contributed by atoms with E-state index < -0.39 is 0 Å². The van der Waals surface area contributed by atoms with Crippen LogP contribution in [0.3, 0.4) is 0 Å². The largest absolute Gasteiger partial charge is 0.494 e. The van der Waals surface area contributed by atoms with Crippen LogP contribution in [0.25, 0.3) is 11.0 Å². The minimum atomic E-state index is -0.368. The second-order valence-corrected chi connectivity index (χ2v) is 6.24. The summed E-state index contributed by atoms with van der Waals surface area (Å²) in [7, 11) is 1.58. The van der Waals surface area contributed by atoms with Crippen molar-refractivity contribution in [2.75, 3.05) is 25.6 Å². The van der Waals surface area contributed by atoms with E-state index in [-0.39, 0.29) is 11.0 Å². The molecular weight excluding hydrogens is 382 g/mol. The summed E-state index contributed by atoms with van der Waals surface area (Å²) in [5.41, 5.74) is 7.05. The van der Waals surface area contributed by atoms with Crippen LogP contribution in [0.2, 0.25) is 0 Å². The van der Waals surface area contributed by atoms with E-state index in [1.807, 2.05) is 18.2 Å². The zero-order valence-corrected chi connectivity index (χ0v) is 15.7. The number of rotatable bonds is 3. The van der Waals surface area contributed by atoms with Gasteiger partial charge in [0.2, 0.25) is 5.95 Å². The summed E-state index contributed by atoms with van der Waals surface area (Å²) >= 11 is 5.19. The molecule has 1 aromatic heterocycles. The monoisotopic (exact) mass is 399 g/mol. The van der Waals surface area contributed by atoms with E-state index in [1.165, 1.54) is 0 Å². The number of carbonyl (C=O) groups is 1. The molecule has 2 heterocycles. The Morgan fingerprint density at radius 1 is 1.18 bits per heavy atom. The van der Waals surface area contributed by atoms with Crippen LogP contribution in [0.1, 0.15) is 10.4 Å². The van der Waals surface area contributed by atoms with Gasteiger partial charge in [-0.25, -0.2) is 4.98 Å². The number of nitrogens with one attached hydrogen (secondary N) is 4. The normalized spacial score (nSPS) is 12.3. The Bertz CT molecular complexity index is 1050. The molecule has 3 aromatic rings. The predicted octanol–water partition coefficient (Wildman–Crippen LogP) is 1.97. The fourth-order valence-electron chi connectivity index (χ4n) is 2.74. The first-order valence-corrected chi connectivity index (χ1v) is 8.84. The van der Waals surface area contributed by atoms with Crippen molar-refractivity contribution in [3.63, 3.8) is 0 Å². The zero-order valence-electron chi connectivity index (χ0n) is 14.9. The topological polar surface area (TPSA) is 110 Å². The lowest BCUT2D eigenvalue weighted by Crippen LogP contribution is -2.43. The number of methoxy groups -OCH3 is 1. The van der Waals surface area contributed by atoms with E-state index in [1.54, 1.807) is 25.3 Å². The van der Waals surface area contributed by atoms with E-state index in [0.717, 1.165) is 5.52 Å². The van der Waals surface area contributed by atoms with Gasteiger partial charge in [0.25, 0.3) is 5.91 Å². The van der Waals surface area contributed by atoms with Crippen molar-refractivity contribution in [2.45, 2.75) is 0 Å². The van der Waals surface area contributed by atoms with E-state index in [4.69, 9.17) is 26.4 Å². The molecule has 0 radical (unpaired) electrons. The number of nitrogens with zero attached hydrogens (tertiary/aromatic N) is 1. The van der Waals surface area contributed by atoms with Gasteiger partial charge < -0.3 is 24.5 Å². The summed E-state index contributed by atoms with van der Waals surface area (Å²) in [5, 5.41) is 3.05. The molecule has 2 aromatic carbocycles. The first-order chi connectivity index (χ1) is 13.6. The minimum Gasteiger partial charge on any atom is -0.494 e. The van der Waals surface area contributed by atoms with Gasteiger partial charge in [-0.15, -0.1) is 0 Å². The van der Waals surface area contributed by atoms with Gasteiger partial charge in [0.15, 0.2) is 16.6 Å². The van der Waals surface area contributed by atoms with Gasteiger partial charge in [-0.05, 0) is 42.5 Å². The SMILES string of the molecule is COc1cccc2[nH]c(NC(=S)NNC(=O)c3ccc4c(c3)OCCO4)nc12. The quantitative estimate of drug-likeness (QED) is 0.391. The Hall–Kier alpha value is -3.53. The molecule has 0 saturated heterocycles. The van der Waals surface area contributed by atoms with Crippen molar-refractivity contribution in [1.82, 2.24) is 20.8 Å². The molecule has 0 unspecified atom stereocenters. The second kappa shape index (κ2) is 7.61. The van der Waals surface area contributed by atoms with Crippen molar-refractivity contribution in [3.8, 4) is 17.2 Å². The van der Waals surface area contributed by atoms with Crippen LogP contribution in [0.4, 0.5) is 5.95 Å². The van der Waals surface area contributed by atoms with Gasteiger partial charge in [-0.2, -0.15) is 0 Å². The molecule has 1 aliphatic heterocycles. The highest BCUT2D eigenvalue weighted by atomic mass is 32.1. The van der Waals surface area contributed by atoms with Gasteiger partial charge >= 0.3 is 0 Å². The smallest absolute Gasteiger partial charge is 0.269 e. The number of thiocarbonyl (C=S) groups is 1. The number of hydrogen-bond donors (Lipinski definition) is 4. The molecule has 1 amide bonds. The van der Waals surface area contributed by atoms with Crippen molar-refractivity contribution in [2.24, 2.45) is 0 Å². The minimum absolute atomic E-state index is 0.170. The number of aromatic amines is 1. The second-order valence-electron chi connectivity index (χ2n) is 5.83. The number of carbonyl (C=O) groups excluding carboxylic acids is 1. The molecule has 1 aliphatic rings. The first kappa shape index (κ1) is 17.9. The number of imidazole rings is 1. The Kier molecular flexibility index (Phi) is 4.85.